The molecule has 0 nitrogen and oxygen atoms in total. The van der Waals surface area contributed by atoms with Crippen LogP contribution >= 0.6 is 0 Å². The lowest BCUT2D eigenvalue weighted by Crippen LogP contribution is -2.25. The van der Waals surface area contributed by atoms with Crippen LogP contribution in [0.15, 0.2) is 72.3 Å². The average Bonchev–Trinajstić information content (AvgIpc) is 2.82. The molecule has 0 heteroatoms. The molecule has 3 rings (SSSR count). The fourth-order valence-electron chi connectivity index (χ4n) is 3.47. The van der Waals surface area contributed by atoms with Gasteiger partial charge < -0.3 is 0 Å². The summed E-state index contributed by atoms with van der Waals surface area (Å²) in [7, 11) is 0. The Kier molecular flexibility index (Phi) is 3.73. The van der Waals surface area contributed by atoms with Gasteiger partial charge in [-0.1, -0.05) is 72.3 Å². The molecule has 1 aliphatic carbocycles. The first-order valence-corrected chi connectivity index (χ1v) is 7.54. The van der Waals surface area contributed by atoms with E-state index in [0.29, 0.717) is 5.41 Å². The maximum absolute atomic E-state index is 2.44. The molecule has 0 amide bonds. The van der Waals surface area contributed by atoms with Gasteiger partial charge in [-0.05, 0) is 49.1 Å². The van der Waals surface area contributed by atoms with Gasteiger partial charge in [0.25, 0.3) is 0 Å². The van der Waals surface area contributed by atoms with Crippen molar-refractivity contribution >= 4 is 0 Å². The van der Waals surface area contributed by atoms with Crippen molar-refractivity contribution in [2.45, 2.75) is 32.6 Å². The number of hydrogen-bond acceptors (Lipinski definition) is 0. The van der Waals surface area contributed by atoms with Crippen molar-refractivity contribution in [3.8, 4) is 0 Å². The molecular formula is C20H22. The molecule has 0 saturated carbocycles. The number of allylic oxidation sites excluding steroid dienone is 2. The lowest BCUT2D eigenvalue weighted by atomic mass is 9.72. The van der Waals surface area contributed by atoms with Crippen molar-refractivity contribution in [3.63, 3.8) is 0 Å². The molecule has 0 atom stereocenters. The summed E-state index contributed by atoms with van der Waals surface area (Å²) in [4.78, 5) is 0. The van der Waals surface area contributed by atoms with Crippen LogP contribution in [0.2, 0.25) is 0 Å². The zero-order valence-electron chi connectivity index (χ0n) is 12.2. The summed E-state index contributed by atoms with van der Waals surface area (Å²) >= 11 is 0. The lowest BCUT2D eigenvalue weighted by molar-refractivity contribution is 0.345. The summed E-state index contributed by atoms with van der Waals surface area (Å²) in [6.07, 6.45) is 7.26. The second-order valence-corrected chi connectivity index (χ2v) is 6.03. The largest absolute Gasteiger partial charge is 0.0850 e. The van der Waals surface area contributed by atoms with Crippen LogP contribution in [-0.4, -0.2) is 0 Å². The van der Waals surface area contributed by atoms with Crippen LogP contribution in [0.25, 0.3) is 0 Å². The molecule has 0 fully saturated rings. The standard InChI is InChI=1S/C20H22/c1-17-9-8-14-20(17,15-18-10-4-2-5-11-18)16-19-12-6-3-7-13-19/h2-7,9-13H,8,14-16H2,1H3. The van der Waals surface area contributed by atoms with E-state index in [9.17, 15) is 0 Å². The number of benzene rings is 2. The third-order valence-electron chi connectivity index (χ3n) is 4.68. The quantitative estimate of drug-likeness (QED) is 0.664. The lowest BCUT2D eigenvalue weighted by Gasteiger charge is -2.32. The summed E-state index contributed by atoms with van der Waals surface area (Å²) in [5.74, 6) is 0. The van der Waals surface area contributed by atoms with E-state index in [1.165, 1.54) is 24.0 Å². The molecule has 0 aromatic heterocycles. The minimum absolute atomic E-state index is 0.322. The maximum atomic E-state index is 2.44. The Bertz CT molecular complexity index is 536. The van der Waals surface area contributed by atoms with E-state index in [0.717, 1.165) is 12.8 Å². The minimum Gasteiger partial charge on any atom is -0.0850 e. The van der Waals surface area contributed by atoms with Crippen LogP contribution < -0.4 is 0 Å². The van der Waals surface area contributed by atoms with Crippen LogP contribution in [0, 0.1) is 5.41 Å². The fraction of sp³-hybridized carbons (Fsp3) is 0.300. The first-order valence-electron chi connectivity index (χ1n) is 7.54. The molecule has 0 saturated heterocycles. The smallest absolute Gasteiger partial charge is 0.000726 e. The molecule has 20 heavy (non-hydrogen) atoms. The number of hydrogen-bond donors (Lipinski definition) is 0. The summed E-state index contributed by atoms with van der Waals surface area (Å²) < 4.78 is 0. The maximum Gasteiger partial charge on any atom is -0.000726 e. The Morgan fingerprint density at radius 1 is 0.800 bits per heavy atom. The van der Waals surface area contributed by atoms with E-state index in [1.807, 2.05) is 0 Å². The highest BCUT2D eigenvalue weighted by Crippen LogP contribution is 2.44. The summed E-state index contributed by atoms with van der Waals surface area (Å²) in [5, 5.41) is 0. The predicted molar refractivity (Wildman–Crippen MR) is 85.7 cm³/mol. The fourth-order valence-corrected chi connectivity index (χ4v) is 3.47. The van der Waals surface area contributed by atoms with Gasteiger partial charge in [0.2, 0.25) is 0 Å². The third-order valence-corrected chi connectivity index (χ3v) is 4.68. The van der Waals surface area contributed by atoms with Crippen LogP contribution in [0.4, 0.5) is 0 Å². The molecule has 0 radical (unpaired) electrons. The van der Waals surface area contributed by atoms with Gasteiger partial charge in [-0.3, -0.25) is 0 Å². The van der Waals surface area contributed by atoms with Gasteiger partial charge in [0.15, 0.2) is 0 Å². The SMILES string of the molecule is CC1=CCCC1(Cc1ccccc1)Cc1ccccc1. The van der Waals surface area contributed by atoms with E-state index in [-0.39, 0.29) is 0 Å². The van der Waals surface area contributed by atoms with Crippen LogP contribution in [0.1, 0.15) is 30.9 Å². The highest BCUT2D eigenvalue weighted by atomic mass is 14.4. The molecule has 0 heterocycles. The average molecular weight is 262 g/mol. The van der Waals surface area contributed by atoms with Gasteiger partial charge in [0.1, 0.15) is 0 Å². The Morgan fingerprint density at radius 2 is 1.30 bits per heavy atom. The molecule has 0 bridgehead atoms. The zero-order chi connectivity index (χ0) is 13.8. The van der Waals surface area contributed by atoms with Gasteiger partial charge in [-0.15, -0.1) is 0 Å². The molecule has 1 aliphatic rings. The molecule has 0 aliphatic heterocycles. The van der Waals surface area contributed by atoms with E-state index >= 15 is 0 Å². The van der Waals surface area contributed by atoms with Gasteiger partial charge in [-0.25, -0.2) is 0 Å². The van der Waals surface area contributed by atoms with Gasteiger partial charge >= 0.3 is 0 Å². The molecule has 102 valence electrons. The van der Waals surface area contributed by atoms with Crippen molar-refractivity contribution < 1.29 is 0 Å². The first-order chi connectivity index (χ1) is 9.78. The normalized spacial score (nSPS) is 16.9. The summed E-state index contributed by atoms with van der Waals surface area (Å²) in [5.41, 5.74) is 4.81. The summed E-state index contributed by atoms with van der Waals surface area (Å²) in [6, 6.07) is 21.9. The Hall–Kier alpha value is -1.82. The van der Waals surface area contributed by atoms with Crippen molar-refractivity contribution in [2.24, 2.45) is 5.41 Å². The Morgan fingerprint density at radius 3 is 1.70 bits per heavy atom. The molecule has 0 N–H and O–H groups in total. The molecule has 2 aromatic carbocycles. The predicted octanol–water partition coefficient (Wildman–Crippen LogP) is 5.20. The second-order valence-electron chi connectivity index (χ2n) is 6.03. The Labute approximate surface area is 122 Å². The first kappa shape index (κ1) is 13.2. The third kappa shape index (κ3) is 2.70. The van der Waals surface area contributed by atoms with E-state index in [2.05, 4.69) is 73.7 Å². The van der Waals surface area contributed by atoms with Crippen LogP contribution in [-0.2, 0) is 12.8 Å². The van der Waals surface area contributed by atoms with E-state index in [1.54, 1.807) is 5.57 Å². The Balaban J connectivity index is 1.88. The highest BCUT2D eigenvalue weighted by molar-refractivity contribution is 5.29. The molecular weight excluding hydrogens is 240 g/mol. The van der Waals surface area contributed by atoms with Crippen molar-refractivity contribution in [2.75, 3.05) is 0 Å². The topological polar surface area (TPSA) is 0 Å². The second kappa shape index (κ2) is 5.66. The van der Waals surface area contributed by atoms with Crippen LogP contribution in [0.3, 0.4) is 0 Å². The van der Waals surface area contributed by atoms with E-state index in [4.69, 9.17) is 0 Å². The van der Waals surface area contributed by atoms with E-state index < -0.39 is 0 Å². The molecule has 0 spiro atoms. The van der Waals surface area contributed by atoms with Crippen molar-refractivity contribution in [1.82, 2.24) is 0 Å². The minimum atomic E-state index is 0.322. The summed E-state index contributed by atoms with van der Waals surface area (Å²) in [6.45, 7) is 2.32. The highest BCUT2D eigenvalue weighted by Gasteiger charge is 2.34. The monoisotopic (exact) mass is 262 g/mol. The zero-order valence-corrected chi connectivity index (χ0v) is 12.2. The van der Waals surface area contributed by atoms with Gasteiger partial charge in [0, 0.05) is 0 Å². The van der Waals surface area contributed by atoms with Crippen LogP contribution in [0.5, 0.6) is 0 Å². The van der Waals surface area contributed by atoms with Crippen molar-refractivity contribution in [3.05, 3.63) is 83.4 Å². The van der Waals surface area contributed by atoms with Gasteiger partial charge in [-0.2, -0.15) is 0 Å². The molecule has 2 aromatic rings. The molecule has 0 unspecified atom stereocenters. The number of rotatable bonds is 4. The van der Waals surface area contributed by atoms with Crippen molar-refractivity contribution in [1.29, 1.82) is 0 Å². The van der Waals surface area contributed by atoms with Gasteiger partial charge in [0.05, 0.1) is 0 Å².